The van der Waals surface area contributed by atoms with Crippen LogP contribution in [0.5, 0.6) is 0 Å². The third kappa shape index (κ3) is 3.36. The first-order valence-electron chi connectivity index (χ1n) is 5.27. The third-order valence-electron chi connectivity index (χ3n) is 2.51. The van der Waals surface area contributed by atoms with E-state index in [1.807, 2.05) is 6.92 Å². The topological polar surface area (TPSA) is 32.8 Å². The zero-order valence-electron chi connectivity index (χ0n) is 9.11. The molecule has 4 nitrogen and oxygen atoms in total. The van der Waals surface area contributed by atoms with Gasteiger partial charge in [0.1, 0.15) is 0 Å². The van der Waals surface area contributed by atoms with Gasteiger partial charge >= 0.3 is 0 Å². The summed E-state index contributed by atoms with van der Waals surface area (Å²) >= 11 is 0. The summed E-state index contributed by atoms with van der Waals surface area (Å²) in [6.45, 7) is 6.58. The molecule has 0 spiro atoms. The summed E-state index contributed by atoms with van der Waals surface area (Å²) in [6.07, 6.45) is 1.53. The molecule has 0 aromatic carbocycles. The zero-order valence-corrected chi connectivity index (χ0v) is 9.11. The molecule has 0 aliphatic carbocycles. The lowest BCUT2D eigenvalue weighted by molar-refractivity contribution is -0.133. The van der Waals surface area contributed by atoms with Crippen molar-refractivity contribution in [1.29, 1.82) is 0 Å². The highest BCUT2D eigenvalue weighted by atomic mass is 16.5. The number of ether oxygens (including phenoxy) is 1. The summed E-state index contributed by atoms with van der Waals surface area (Å²) in [5.74, 6) is 0. The second kappa shape index (κ2) is 6.11. The summed E-state index contributed by atoms with van der Waals surface area (Å²) in [4.78, 5) is 15.2. The number of piperazine rings is 1. The number of hydrogen-bond donors (Lipinski definition) is 0. The summed E-state index contributed by atoms with van der Waals surface area (Å²) in [5, 5.41) is 0. The fraction of sp³-hybridized carbons (Fsp3) is 0.900. The minimum Gasteiger partial charge on any atom is -0.356 e. The van der Waals surface area contributed by atoms with E-state index in [1.54, 1.807) is 0 Å². The van der Waals surface area contributed by atoms with Crippen LogP contribution in [-0.4, -0.2) is 62.1 Å². The van der Waals surface area contributed by atoms with Crippen LogP contribution in [0.15, 0.2) is 0 Å². The number of hydrogen-bond acceptors (Lipinski definition) is 4. The first-order valence-corrected chi connectivity index (χ1v) is 5.27. The number of likely N-dealkylation sites (N-methyl/N-ethyl adjacent to an activating group) is 1. The van der Waals surface area contributed by atoms with Crippen molar-refractivity contribution < 1.29 is 9.53 Å². The largest absolute Gasteiger partial charge is 0.356 e. The van der Waals surface area contributed by atoms with E-state index >= 15 is 0 Å². The second-order valence-electron chi connectivity index (χ2n) is 3.74. The third-order valence-corrected chi connectivity index (χ3v) is 2.51. The molecule has 1 saturated heterocycles. The van der Waals surface area contributed by atoms with E-state index in [1.165, 1.54) is 0 Å². The van der Waals surface area contributed by atoms with Gasteiger partial charge in [0.25, 0.3) is 0 Å². The van der Waals surface area contributed by atoms with Crippen molar-refractivity contribution in [2.24, 2.45) is 0 Å². The Morgan fingerprint density at radius 2 is 2.00 bits per heavy atom. The molecular formula is C10H20N2O2. The lowest BCUT2D eigenvalue weighted by atomic mass is 10.3. The van der Waals surface area contributed by atoms with Gasteiger partial charge in [0.2, 0.25) is 0 Å². The Morgan fingerprint density at radius 1 is 1.36 bits per heavy atom. The van der Waals surface area contributed by atoms with Gasteiger partial charge < -0.3 is 9.64 Å². The van der Waals surface area contributed by atoms with Crippen LogP contribution in [0.25, 0.3) is 0 Å². The van der Waals surface area contributed by atoms with Crippen molar-refractivity contribution in [1.82, 2.24) is 9.80 Å². The summed E-state index contributed by atoms with van der Waals surface area (Å²) in [5.41, 5.74) is 0. The molecule has 1 aliphatic heterocycles. The highest BCUT2D eigenvalue weighted by Crippen LogP contribution is 2.05. The molecule has 1 aliphatic rings. The Balaban J connectivity index is 2.32. The number of nitrogens with zero attached hydrogens (tertiary/aromatic N) is 2. The van der Waals surface area contributed by atoms with Gasteiger partial charge in [0.15, 0.2) is 12.5 Å². The highest BCUT2D eigenvalue weighted by Gasteiger charge is 2.21. The maximum Gasteiger partial charge on any atom is 0.167 e. The smallest absolute Gasteiger partial charge is 0.167 e. The van der Waals surface area contributed by atoms with Crippen LogP contribution >= 0.6 is 0 Å². The summed E-state index contributed by atoms with van der Waals surface area (Å²) < 4.78 is 5.45. The van der Waals surface area contributed by atoms with Gasteiger partial charge in [-0.2, -0.15) is 0 Å². The molecule has 1 unspecified atom stereocenters. The minimum absolute atomic E-state index is 0.330. The van der Waals surface area contributed by atoms with Crippen molar-refractivity contribution in [3.63, 3.8) is 0 Å². The van der Waals surface area contributed by atoms with Gasteiger partial charge in [-0.3, -0.25) is 9.69 Å². The average molecular weight is 200 g/mol. The van der Waals surface area contributed by atoms with E-state index in [0.717, 1.165) is 38.9 Å². The molecule has 1 rings (SSSR count). The van der Waals surface area contributed by atoms with E-state index in [2.05, 4.69) is 16.8 Å². The Labute approximate surface area is 85.8 Å². The highest BCUT2D eigenvalue weighted by molar-refractivity contribution is 5.55. The predicted molar refractivity (Wildman–Crippen MR) is 55.2 cm³/mol. The molecular weight excluding hydrogens is 180 g/mol. The maximum atomic E-state index is 10.8. The molecule has 14 heavy (non-hydrogen) atoms. The molecule has 0 aromatic rings. The van der Waals surface area contributed by atoms with Crippen molar-refractivity contribution in [2.45, 2.75) is 19.6 Å². The Bertz CT molecular complexity index is 168. The van der Waals surface area contributed by atoms with Gasteiger partial charge in [-0.05, 0) is 13.5 Å². The quantitative estimate of drug-likeness (QED) is 0.593. The normalized spacial score (nSPS) is 22.1. The lowest BCUT2D eigenvalue weighted by Crippen LogP contribution is -2.50. The molecule has 4 heteroatoms. The van der Waals surface area contributed by atoms with Crippen molar-refractivity contribution in [3.8, 4) is 0 Å². The van der Waals surface area contributed by atoms with E-state index in [0.29, 0.717) is 6.61 Å². The molecule has 0 amide bonds. The maximum absolute atomic E-state index is 10.8. The Hall–Kier alpha value is -0.450. The van der Waals surface area contributed by atoms with Crippen LogP contribution in [-0.2, 0) is 9.53 Å². The van der Waals surface area contributed by atoms with Gasteiger partial charge in [0, 0.05) is 32.8 Å². The number of carbonyl (C=O) groups excluding carboxylic acids is 1. The first kappa shape index (κ1) is 11.6. The fourth-order valence-electron chi connectivity index (χ4n) is 1.55. The van der Waals surface area contributed by atoms with Crippen LogP contribution in [0, 0.1) is 0 Å². The number of aldehydes is 1. The molecule has 1 heterocycles. The monoisotopic (exact) mass is 200 g/mol. The number of carbonyl (C=O) groups is 1. The minimum atomic E-state index is -0.330. The van der Waals surface area contributed by atoms with Gasteiger partial charge in [-0.1, -0.05) is 6.92 Å². The van der Waals surface area contributed by atoms with Gasteiger partial charge in [-0.25, -0.2) is 0 Å². The summed E-state index contributed by atoms with van der Waals surface area (Å²) in [6, 6.07) is 0. The van der Waals surface area contributed by atoms with E-state index in [4.69, 9.17) is 4.74 Å². The van der Waals surface area contributed by atoms with E-state index < -0.39 is 0 Å². The molecule has 1 atom stereocenters. The molecule has 0 aromatic heterocycles. The molecule has 1 fully saturated rings. The zero-order chi connectivity index (χ0) is 10.4. The molecule has 82 valence electrons. The van der Waals surface area contributed by atoms with Gasteiger partial charge in [-0.15, -0.1) is 0 Å². The van der Waals surface area contributed by atoms with Gasteiger partial charge in [0.05, 0.1) is 0 Å². The standard InChI is InChI=1S/C10H20N2O2/c1-3-8-14-10(9-13)12-6-4-11(2)5-7-12/h9-10H,3-8H2,1-2H3. The van der Waals surface area contributed by atoms with E-state index in [9.17, 15) is 4.79 Å². The lowest BCUT2D eigenvalue weighted by Gasteiger charge is -2.35. The fourth-order valence-corrected chi connectivity index (χ4v) is 1.55. The molecule has 0 radical (unpaired) electrons. The molecule has 0 saturated carbocycles. The number of rotatable bonds is 5. The van der Waals surface area contributed by atoms with Crippen LogP contribution in [0.3, 0.4) is 0 Å². The second-order valence-corrected chi connectivity index (χ2v) is 3.74. The SMILES string of the molecule is CCCOC(C=O)N1CCN(C)CC1. The van der Waals surface area contributed by atoms with Crippen LogP contribution in [0.1, 0.15) is 13.3 Å². The summed E-state index contributed by atoms with van der Waals surface area (Å²) in [7, 11) is 2.10. The van der Waals surface area contributed by atoms with Crippen molar-refractivity contribution >= 4 is 6.29 Å². The first-order chi connectivity index (χ1) is 6.77. The van der Waals surface area contributed by atoms with E-state index in [-0.39, 0.29) is 6.23 Å². The van der Waals surface area contributed by atoms with Crippen LogP contribution in [0.4, 0.5) is 0 Å². The Morgan fingerprint density at radius 3 is 2.50 bits per heavy atom. The molecule has 0 bridgehead atoms. The van der Waals surface area contributed by atoms with Crippen LogP contribution < -0.4 is 0 Å². The Kier molecular flexibility index (Phi) is 5.07. The molecule has 0 N–H and O–H groups in total. The average Bonchev–Trinajstić information content (AvgIpc) is 2.21. The van der Waals surface area contributed by atoms with Crippen LogP contribution in [0.2, 0.25) is 0 Å². The predicted octanol–water partition coefficient (Wildman–Crippen LogP) is 0.185. The van der Waals surface area contributed by atoms with Crippen molar-refractivity contribution in [3.05, 3.63) is 0 Å². The van der Waals surface area contributed by atoms with Crippen molar-refractivity contribution in [2.75, 3.05) is 39.8 Å².